The third kappa shape index (κ3) is 9.04. The van der Waals surface area contributed by atoms with Crippen LogP contribution in [0.1, 0.15) is 39.5 Å². The Morgan fingerprint density at radius 1 is 1.00 bits per heavy atom. The Kier molecular flexibility index (Phi) is 11.2. The molecule has 0 aliphatic rings. The molecule has 160 valence electrons. The highest BCUT2D eigenvalue weighted by Gasteiger charge is 2.33. The average Bonchev–Trinajstić information content (AvgIpc) is 2.61. The Hall–Kier alpha value is -2.34. The average molecular weight is 421 g/mol. The van der Waals surface area contributed by atoms with Crippen molar-refractivity contribution in [2.24, 2.45) is 11.7 Å². The van der Waals surface area contributed by atoms with Gasteiger partial charge in [0.2, 0.25) is 11.8 Å². The van der Waals surface area contributed by atoms with E-state index >= 15 is 0 Å². The maximum absolute atomic E-state index is 12.5. The van der Waals surface area contributed by atoms with Crippen LogP contribution in [0.2, 0.25) is 0 Å². The Bertz CT molecular complexity index is 600. The molecule has 12 heteroatoms. The standard InChI is InChI=1S/C16H27N3O8S/c1-3-7(2)12(14(24)18-9(16(26)27)6-11(22)23)19-15(25)13(28)8(17)4-5-10(20)21/h7-9,12-13,28H,3-6,17H2,1-2H3,(H,18,24)(H,19,25)(H,20,21)(H,22,23)(H,26,27)/t7-,8+,9-,12-,13-/m0/s1. The normalized spacial score (nSPS) is 16.1. The lowest BCUT2D eigenvalue weighted by Gasteiger charge is -2.27. The number of carbonyl (C=O) groups excluding carboxylic acids is 2. The molecule has 0 rings (SSSR count). The molecule has 0 saturated heterocycles. The lowest BCUT2D eigenvalue weighted by molar-refractivity contribution is -0.147. The first-order valence-corrected chi connectivity index (χ1v) is 9.13. The summed E-state index contributed by atoms with van der Waals surface area (Å²) in [6.45, 7) is 3.40. The van der Waals surface area contributed by atoms with Gasteiger partial charge in [-0.3, -0.25) is 19.2 Å². The monoisotopic (exact) mass is 421 g/mol. The fraction of sp³-hybridized carbons (Fsp3) is 0.688. The summed E-state index contributed by atoms with van der Waals surface area (Å²) in [6.07, 6.45) is -0.623. The van der Waals surface area contributed by atoms with E-state index in [0.717, 1.165) is 0 Å². The summed E-state index contributed by atoms with van der Waals surface area (Å²) in [6, 6.07) is -3.67. The van der Waals surface area contributed by atoms with E-state index in [2.05, 4.69) is 23.3 Å². The smallest absolute Gasteiger partial charge is 0.326 e. The first kappa shape index (κ1) is 25.7. The summed E-state index contributed by atoms with van der Waals surface area (Å²) in [5, 5.41) is 29.9. The van der Waals surface area contributed by atoms with Gasteiger partial charge in [-0.05, 0) is 12.3 Å². The van der Waals surface area contributed by atoms with Crippen LogP contribution in [-0.4, -0.2) is 68.4 Å². The van der Waals surface area contributed by atoms with Crippen molar-refractivity contribution < 1.29 is 39.3 Å². The largest absolute Gasteiger partial charge is 0.481 e. The first-order valence-electron chi connectivity index (χ1n) is 8.61. The third-order valence-electron chi connectivity index (χ3n) is 4.15. The SMILES string of the molecule is CC[C@H](C)[C@H](NC(=O)[C@@H](S)[C@H](N)CCC(=O)O)C(=O)N[C@@H](CC(=O)O)C(=O)O. The minimum absolute atomic E-state index is 0.00316. The van der Waals surface area contributed by atoms with Gasteiger partial charge in [0.25, 0.3) is 0 Å². The second-order valence-corrected chi connectivity index (χ2v) is 6.97. The molecule has 0 aliphatic carbocycles. The number of carboxylic acid groups (broad SMARTS) is 3. The summed E-state index contributed by atoms with van der Waals surface area (Å²) < 4.78 is 0. The number of rotatable bonds is 13. The molecule has 5 atom stereocenters. The molecular weight excluding hydrogens is 394 g/mol. The molecule has 0 aromatic carbocycles. The lowest BCUT2D eigenvalue weighted by atomic mass is 9.97. The predicted molar refractivity (Wildman–Crippen MR) is 101 cm³/mol. The van der Waals surface area contributed by atoms with Crippen molar-refractivity contribution in [2.75, 3.05) is 0 Å². The molecule has 0 saturated carbocycles. The molecule has 11 nitrogen and oxygen atoms in total. The number of hydrogen-bond donors (Lipinski definition) is 7. The second kappa shape index (κ2) is 12.2. The van der Waals surface area contributed by atoms with E-state index in [0.29, 0.717) is 6.42 Å². The van der Waals surface area contributed by atoms with Crippen LogP contribution in [0, 0.1) is 5.92 Å². The van der Waals surface area contributed by atoms with Gasteiger partial charge in [-0.2, -0.15) is 12.6 Å². The molecule has 0 bridgehead atoms. The van der Waals surface area contributed by atoms with Gasteiger partial charge in [0, 0.05) is 12.5 Å². The van der Waals surface area contributed by atoms with Crippen molar-refractivity contribution >= 4 is 42.4 Å². The fourth-order valence-corrected chi connectivity index (χ4v) is 2.44. The van der Waals surface area contributed by atoms with Crippen molar-refractivity contribution in [1.29, 1.82) is 0 Å². The van der Waals surface area contributed by atoms with E-state index in [4.69, 9.17) is 21.1 Å². The van der Waals surface area contributed by atoms with E-state index in [9.17, 15) is 24.0 Å². The Morgan fingerprint density at radius 2 is 1.57 bits per heavy atom. The lowest BCUT2D eigenvalue weighted by Crippen LogP contribution is -2.56. The van der Waals surface area contributed by atoms with Gasteiger partial charge in [0.1, 0.15) is 12.1 Å². The maximum Gasteiger partial charge on any atom is 0.326 e. The fourth-order valence-electron chi connectivity index (χ4n) is 2.22. The van der Waals surface area contributed by atoms with Gasteiger partial charge in [0.05, 0.1) is 11.7 Å². The minimum Gasteiger partial charge on any atom is -0.481 e. The highest BCUT2D eigenvalue weighted by Crippen LogP contribution is 2.12. The zero-order valence-electron chi connectivity index (χ0n) is 15.6. The number of thiol groups is 1. The summed E-state index contributed by atoms with van der Waals surface area (Å²) >= 11 is 4.08. The second-order valence-electron chi connectivity index (χ2n) is 6.41. The first-order chi connectivity index (χ1) is 12.9. The van der Waals surface area contributed by atoms with Crippen LogP contribution < -0.4 is 16.4 Å². The number of nitrogens with one attached hydrogen (secondary N) is 2. The van der Waals surface area contributed by atoms with Crippen LogP contribution in [-0.2, 0) is 24.0 Å². The molecule has 0 aliphatic heterocycles. The zero-order valence-corrected chi connectivity index (χ0v) is 16.5. The van der Waals surface area contributed by atoms with E-state index in [-0.39, 0.29) is 12.8 Å². The van der Waals surface area contributed by atoms with E-state index in [1.807, 2.05) is 0 Å². The maximum atomic E-state index is 12.5. The highest BCUT2D eigenvalue weighted by atomic mass is 32.1. The van der Waals surface area contributed by atoms with Crippen molar-refractivity contribution in [3.63, 3.8) is 0 Å². The molecule has 7 N–H and O–H groups in total. The van der Waals surface area contributed by atoms with Gasteiger partial charge in [-0.1, -0.05) is 20.3 Å². The Morgan fingerprint density at radius 3 is 2.00 bits per heavy atom. The van der Waals surface area contributed by atoms with Gasteiger partial charge in [-0.15, -0.1) is 0 Å². The van der Waals surface area contributed by atoms with Crippen molar-refractivity contribution in [3.8, 4) is 0 Å². The number of hydrogen-bond acceptors (Lipinski definition) is 7. The van der Waals surface area contributed by atoms with E-state index in [1.54, 1.807) is 13.8 Å². The molecular formula is C16H27N3O8S. The van der Waals surface area contributed by atoms with Crippen molar-refractivity contribution in [3.05, 3.63) is 0 Å². The molecule has 0 radical (unpaired) electrons. The van der Waals surface area contributed by atoms with Crippen LogP contribution in [0.3, 0.4) is 0 Å². The molecule has 0 unspecified atom stereocenters. The molecule has 0 fully saturated rings. The van der Waals surface area contributed by atoms with Crippen molar-refractivity contribution in [1.82, 2.24) is 10.6 Å². The van der Waals surface area contributed by atoms with Crippen LogP contribution in [0.5, 0.6) is 0 Å². The van der Waals surface area contributed by atoms with E-state index in [1.165, 1.54) is 0 Å². The summed E-state index contributed by atoms with van der Waals surface area (Å²) in [7, 11) is 0. The molecule has 0 spiro atoms. The summed E-state index contributed by atoms with van der Waals surface area (Å²) in [5.74, 6) is -5.97. The topological polar surface area (TPSA) is 196 Å². The van der Waals surface area contributed by atoms with Crippen molar-refractivity contribution in [2.45, 2.75) is 62.9 Å². The van der Waals surface area contributed by atoms with Crippen LogP contribution in [0.4, 0.5) is 0 Å². The Labute approximate surface area is 167 Å². The number of amides is 2. The van der Waals surface area contributed by atoms with Gasteiger partial charge < -0.3 is 31.7 Å². The van der Waals surface area contributed by atoms with Crippen LogP contribution in [0.15, 0.2) is 0 Å². The predicted octanol–water partition coefficient (Wildman–Crippen LogP) is -0.948. The molecule has 2 amide bonds. The van der Waals surface area contributed by atoms with Gasteiger partial charge in [0.15, 0.2) is 0 Å². The van der Waals surface area contributed by atoms with Crippen LogP contribution in [0.25, 0.3) is 0 Å². The molecule has 0 heterocycles. The van der Waals surface area contributed by atoms with E-state index < -0.39 is 65.4 Å². The number of carbonyl (C=O) groups is 5. The number of nitrogens with two attached hydrogens (primary N) is 1. The highest BCUT2D eigenvalue weighted by molar-refractivity contribution is 7.81. The van der Waals surface area contributed by atoms with Gasteiger partial charge in [-0.25, -0.2) is 4.79 Å². The van der Waals surface area contributed by atoms with Crippen LogP contribution >= 0.6 is 12.6 Å². The minimum atomic E-state index is -1.65. The van der Waals surface area contributed by atoms with Gasteiger partial charge >= 0.3 is 17.9 Å². The number of carboxylic acids is 3. The summed E-state index contributed by atoms with van der Waals surface area (Å²) in [4.78, 5) is 57.3. The quantitative estimate of drug-likeness (QED) is 0.183. The number of aliphatic carboxylic acids is 3. The summed E-state index contributed by atoms with van der Waals surface area (Å²) in [5.41, 5.74) is 5.76. The Balaban J connectivity index is 5.17. The molecule has 28 heavy (non-hydrogen) atoms. The molecule has 0 aromatic rings. The zero-order chi connectivity index (χ0) is 22.0. The molecule has 0 aromatic heterocycles. The third-order valence-corrected chi connectivity index (χ3v) is 4.77.